The van der Waals surface area contributed by atoms with Gasteiger partial charge in [-0.25, -0.2) is 4.98 Å². The van der Waals surface area contributed by atoms with Gasteiger partial charge in [-0.3, -0.25) is 5.43 Å². The topological polar surface area (TPSA) is 42.2 Å². The number of rotatable bonds is 4. The summed E-state index contributed by atoms with van der Waals surface area (Å²) in [5.41, 5.74) is 5.68. The molecule has 2 heterocycles. The second-order valence-electron chi connectivity index (χ2n) is 5.94. The van der Waals surface area contributed by atoms with Gasteiger partial charge in [-0.05, 0) is 56.3 Å². The molecule has 0 aliphatic heterocycles. The minimum Gasteiger partial charge on any atom is -0.318 e. The van der Waals surface area contributed by atoms with Crippen molar-refractivity contribution >= 4 is 23.6 Å². The van der Waals surface area contributed by atoms with Crippen molar-refractivity contribution in [1.29, 1.82) is 0 Å². The van der Waals surface area contributed by atoms with Crippen LogP contribution in [0.4, 0.5) is 19.0 Å². The first-order valence-corrected chi connectivity index (χ1v) is 8.41. The zero-order chi connectivity index (χ0) is 19.6. The number of alkyl halides is 3. The maximum atomic E-state index is 12.5. The number of halogens is 4. The summed E-state index contributed by atoms with van der Waals surface area (Å²) in [5, 5.41) is 4.74. The highest BCUT2D eigenvalue weighted by Gasteiger charge is 2.30. The maximum Gasteiger partial charge on any atom is 0.417 e. The quantitative estimate of drug-likeness (QED) is 0.463. The van der Waals surface area contributed by atoms with E-state index in [9.17, 15) is 13.2 Å². The summed E-state index contributed by atoms with van der Waals surface area (Å²) in [5.74, 6) is 0.228. The fraction of sp³-hybridized carbons (Fsp3) is 0.158. The molecule has 1 aromatic carbocycles. The van der Waals surface area contributed by atoms with E-state index in [-0.39, 0.29) is 5.82 Å². The summed E-state index contributed by atoms with van der Waals surface area (Å²) >= 11 is 5.94. The van der Waals surface area contributed by atoms with Crippen LogP contribution in [-0.4, -0.2) is 15.8 Å². The largest absolute Gasteiger partial charge is 0.417 e. The number of hydrazone groups is 1. The third kappa shape index (κ3) is 4.31. The normalized spacial score (nSPS) is 11.9. The van der Waals surface area contributed by atoms with Crippen LogP contribution in [-0.2, 0) is 6.18 Å². The zero-order valence-electron chi connectivity index (χ0n) is 14.5. The van der Waals surface area contributed by atoms with Crippen LogP contribution < -0.4 is 5.43 Å². The van der Waals surface area contributed by atoms with Gasteiger partial charge in [0, 0.05) is 33.9 Å². The Labute approximate surface area is 159 Å². The molecule has 0 unspecified atom stereocenters. The minimum absolute atomic E-state index is 0.228. The fourth-order valence-corrected chi connectivity index (χ4v) is 2.83. The van der Waals surface area contributed by atoms with Gasteiger partial charge in [-0.1, -0.05) is 11.6 Å². The average molecular weight is 393 g/mol. The Morgan fingerprint density at radius 2 is 1.81 bits per heavy atom. The predicted molar refractivity (Wildman–Crippen MR) is 101 cm³/mol. The van der Waals surface area contributed by atoms with Gasteiger partial charge in [0.05, 0.1) is 11.8 Å². The predicted octanol–water partition coefficient (Wildman–Crippen LogP) is 5.61. The molecule has 0 radical (unpaired) electrons. The summed E-state index contributed by atoms with van der Waals surface area (Å²) in [6.07, 6.45) is -2.04. The Bertz CT molecular complexity index is 958. The van der Waals surface area contributed by atoms with Crippen molar-refractivity contribution in [3.05, 3.63) is 76.2 Å². The van der Waals surface area contributed by atoms with Gasteiger partial charge in [-0.15, -0.1) is 0 Å². The molecule has 0 spiro atoms. The Morgan fingerprint density at radius 1 is 1.11 bits per heavy atom. The van der Waals surface area contributed by atoms with Crippen LogP contribution in [0.25, 0.3) is 5.69 Å². The smallest absolute Gasteiger partial charge is 0.318 e. The number of benzene rings is 1. The fourth-order valence-electron chi connectivity index (χ4n) is 2.70. The highest BCUT2D eigenvalue weighted by Crippen LogP contribution is 2.28. The first kappa shape index (κ1) is 19.0. The Kier molecular flexibility index (Phi) is 5.23. The number of aryl methyl sites for hydroxylation is 1. The SMILES string of the molecule is Cc1cc(/C=N/Nc2ccc(C(F)(F)F)cn2)c(C)n1-c1ccc(Cl)cc1. The van der Waals surface area contributed by atoms with Crippen molar-refractivity contribution in [2.45, 2.75) is 20.0 Å². The van der Waals surface area contributed by atoms with Crippen LogP contribution in [0.2, 0.25) is 5.02 Å². The van der Waals surface area contributed by atoms with E-state index in [4.69, 9.17) is 11.6 Å². The molecule has 0 fully saturated rings. The number of nitrogens with zero attached hydrogens (tertiary/aromatic N) is 3. The van der Waals surface area contributed by atoms with Gasteiger partial charge in [0.15, 0.2) is 0 Å². The average Bonchev–Trinajstić information content (AvgIpc) is 2.89. The standard InChI is InChI=1S/C19H16ClF3N4/c1-12-9-14(13(2)27(12)17-6-4-16(20)5-7-17)10-25-26-18-8-3-15(11-24-18)19(21,22)23/h3-11H,1-2H3,(H,24,26)/b25-10+. The third-order valence-electron chi connectivity index (χ3n) is 4.03. The van der Waals surface area contributed by atoms with E-state index in [0.29, 0.717) is 5.02 Å². The Hall–Kier alpha value is -2.80. The third-order valence-corrected chi connectivity index (χ3v) is 4.28. The van der Waals surface area contributed by atoms with Crippen molar-refractivity contribution in [3.8, 4) is 5.69 Å². The first-order chi connectivity index (χ1) is 12.8. The summed E-state index contributed by atoms with van der Waals surface area (Å²) in [7, 11) is 0. The van der Waals surface area contributed by atoms with Gasteiger partial charge in [0.25, 0.3) is 0 Å². The summed E-state index contributed by atoms with van der Waals surface area (Å²) in [6, 6.07) is 11.6. The second kappa shape index (κ2) is 7.44. The lowest BCUT2D eigenvalue weighted by atomic mass is 10.2. The highest BCUT2D eigenvalue weighted by atomic mass is 35.5. The van der Waals surface area contributed by atoms with Crippen LogP contribution in [0.5, 0.6) is 0 Å². The molecule has 140 valence electrons. The number of anilines is 1. The molecule has 8 heteroatoms. The molecule has 0 saturated carbocycles. The molecular weight excluding hydrogens is 377 g/mol. The van der Waals surface area contributed by atoms with E-state index in [1.807, 2.05) is 44.2 Å². The lowest BCUT2D eigenvalue weighted by molar-refractivity contribution is -0.137. The molecule has 2 aromatic heterocycles. The molecular formula is C19H16ClF3N4. The molecule has 3 rings (SSSR count). The molecule has 0 aliphatic rings. The van der Waals surface area contributed by atoms with Gasteiger partial charge < -0.3 is 4.57 Å². The lowest BCUT2D eigenvalue weighted by Crippen LogP contribution is -2.05. The summed E-state index contributed by atoms with van der Waals surface area (Å²) in [6.45, 7) is 3.93. The van der Waals surface area contributed by atoms with E-state index < -0.39 is 11.7 Å². The summed E-state index contributed by atoms with van der Waals surface area (Å²) < 4.78 is 39.7. The van der Waals surface area contributed by atoms with Crippen LogP contribution in [0, 0.1) is 13.8 Å². The van der Waals surface area contributed by atoms with Gasteiger partial charge in [0.2, 0.25) is 0 Å². The van der Waals surface area contributed by atoms with Crippen LogP contribution in [0.3, 0.4) is 0 Å². The minimum atomic E-state index is -4.41. The monoisotopic (exact) mass is 392 g/mol. The van der Waals surface area contributed by atoms with Crippen molar-refractivity contribution in [2.24, 2.45) is 5.10 Å². The van der Waals surface area contributed by atoms with Gasteiger partial charge >= 0.3 is 6.18 Å². The Morgan fingerprint density at radius 3 is 2.41 bits per heavy atom. The maximum absolute atomic E-state index is 12.5. The zero-order valence-corrected chi connectivity index (χ0v) is 15.3. The lowest BCUT2D eigenvalue weighted by Gasteiger charge is -2.09. The molecule has 0 bridgehead atoms. The number of hydrogen-bond donors (Lipinski definition) is 1. The molecule has 1 N–H and O–H groups in total. The number of nitrogens with one attached hydrogen (secondary N) is 1. The van der Waals surface area contributed by atoms with Crippen LogP contribution >= 0.6 is 11.6 Å². The van der Waals surface area contributed by atoms with Crippen molar-refractivity contribution in [1.82, 2.24) is 9.55 Å². The molecule has 4 nitrogen and oxygen atoms in total. The molecule has 0 atom stereocenters. The van der Waals surface area contributed by atoms with Crippen molar-refractivity contribution < 1.29 is 13.2 Å². The van der Waals surface area contributed by atoms with Gasteiger partial charge in [0.1, 0.15) is 5.82 Å². The first-order valence-electron chi connectivity index (χ1n) is 8.03. The molecule has 27 heavy (non-hydrogen) atoms. The van der Waals surface area contributed by atoms with Crippen molar-refractivity contribution in [3.63, 3.8) is 0 Å². The summed E-state index contributed by atoms with van der Waals surface area (Å²) in [4.78, 5) is 3.71. The Balaban J connectivity index is 1.76. The number of pyridine rings is 1. The molecule has 0 saturated heterocycles. The number of aromatic nitrogens is 2. The highest BCUT2D eigenvalue weighted by molar-refractivity contribution is 6.30. The second-order valence-corrected chi connectivity index (χ2v) is 6.37. The van der Waals surface area contributed by atoms with Gasteiger partial charge in [-0.2, -0.15) is 18.3 Å². The van der Waals surface area contributed by atoms with E-state index >= 15 is 0 Å². The van der Waals surface area contributed by atoms with E-state index in [0.717, 1.165) is 34.9 Å². The van der Waals surface area contributed by atoms with Crippen LogP contribution in [0.1, 0.15) is 22.5 Å². The molecule has 0 amide bonds. The van der Waals surface area contributed by atoms with E-state index in [1.54, 1.807) is 6.21 Å². The molecule has 3 aromatic rings. The van der Waals surface area contributed by atoms with E-state index in [2.05, 4.69) is 20.1 Å². The van der Waals surface area contributed by atoms with E-state index in [1.165, 1.54) is 6.07 Å². The van der Waals surface area contributed by atoms with Crippen molar-refractivity contribution in [2.75, 3.05) is 5.43 Å². The molecule has 0 aliphatic carbocycles. The van der Waals surface area contributed by atoms with Crippen LogP contribution in [0.15, 0.2) is 53.8 Å². The number of hydrogen-bond acceptors (Lipinski definition) is 3.